The molecular weight excluding hydrogens is 609 g/mol. The van der Waals surface area contributed by atoms with E-state index in [0.717, 1.165) is 48.4 Å². The Morgan fingerprint density at radius 3 is 1.53 bits per heavy atom. The average molecular weight is 671 g/mol. The molecule has 0 amide bonds. The summed E-state index contributed by atoms with van der Waals surface area (Å²) in [5.74, 6) is 0.778. The summed E-state index contributed by atoms with van der Waals surface area (Å²) in [5, 5.41) is 4.31. The molecule has 8 heteroatoms. The number of sulfonamides is 1. The second-order valence-electron chi connectivity index (χ2n) is 15.8. The van der Waals surface area contributed by atoms with Crippen LogP contribution in [0.3, 0.4) is 0 Å². The van der Waals surface area contributed by atoms with E-state index in [1.165, 1.54) is 24.0 Å². The van der Waals surface area contributed by atoms with Crippen LogP contribution in [0.1, 0.15) is 133 Å². The van der Waals surface area contributed by atoms with Gasteiger partial charge in [0.15, 0.2) is 0 Å². The second kappa shape index (κ2) is 17.6. The Kier molecular flexibility index (Phi) is 15.2. The highest BCUT2D eigenvalue weighted by Crippen LogP contribution is 2.37. The summed E-state index contributed by atoms with van der Waals surface area (Å²) in [6, 6.07) is 16.7. The predicted octanol–water partition coefficient (Wildman–Crippen LogP) is 9.53. The van der Waals surface area contributed by atoms with Gasteiger partial charge < -0.3 is 9.57 Å². The van der Waals surface area contributed by atoms with Gasteiger partial charge in [-0.3, -0.25) is 4.79 Å². The molecule has 0 radical (unpaired) electrons. The molecule has 3 aliphatic carbocycles. The standard InChI is InChI=1S/C17H17NO.C9H16O2.C7H16.C6H13NO2S/c1-17(2,3)19-18-16-14-10-6-4-8-12(14)13-9-5-7-11-15(13)16;1-7(2)9(10)11-8-5-3-4-6-8;1-6(2)7(3,4)5;1-5(2)7-10(8,9)6-3-4-6/h4-11H,1-3H3;7-8H,3-6H2,1-2H3;6H,1-5H3;5-7H,3-4H2,1-2H3. The van der Waals surface area contributed by atoms with Gasteiger partial charge in [0.1, 0.15) is 17.4 Å². The topological polar surface area (TPSA) is 94.1 Å². The van der Waals surface area contributed by atoms with Gasteiger partial charge in [-0.25, -0.2) is 13.1 Å². The van der Waals surface area contributed by atoms with Crippen molar-refractivity contribution >= 4 is 21.7 Å². The minimum absolute atomic E-state index is 0.0237. The maximum absolute atomic E-state index is 11.1. The normalized spacial score (nSPS) is 15.9. The third kappa shape index (κ3) is 14.1. The molecule has 2 aromatic carbocycles. The number of nitrogens with one attached hydrogen (secondary N) is 1. The number of fused-ring (bicyclic) bond motifs is 3. The number of oxime groups is 1. The van der Waals surface area contributed by atoms with Gasteiger partial charge in [-0.2, -0.15) is 0 Å². The van der Waals surface area contributed by atoms with Gasteiger partial charge in [0.05, 0.1) is 11.2 Å². The maximum Gasteiger partial charge on any atom is 0.308 e. The summed E-state index contributed by atoms with van der Waals surface area (Å²) in [6.07, 6.45) is 6.47. The van der Waals surface area contributed by atoms with Crippen molar-refractivity contribution in [1.82, 2.24) is 4.72 Å². The number of carbonyl (C=O) groups is 1. The smallest absolute Gasteiger partial charge is 0.308 e. The van der Waals surface area contributed by atoms with E-state index in [2.05, 4.69) is 80.9 Å². The molecule has 0 saturated heterocycles. The first kappa shape index (κ1) is 40.5. The number of benzene rings is 2. The van der Waals surface area contributed by atoms with Crippen molar-refractivity contribution in [2.45, 2.75) is 145 Å². The van der Waals surface area contributed by atoms with E-state index in [9.17, 15) is 13.2 Å². The zero-order valence-corrected chi connectivity index (χ0v) is 32.0. The Bertz CT molecular complexity index is 1360. The van der Waals surface area contributed by atoms with Crippen molar-refractivity contribution in [2.24, 2.45) is 22.4 Å². The first-order valence-corrected chi connectivity index (χ1v) is 18.9. The third-order valence-corrected chi connectivity index (χ3v) is 10.4. The highest BCUT2D eigenvalue weighted by Gasteiger charge is 2.35. The molecule has 2 saturated carbocycles. The molecular formula is C39H62N2O5S. The molecule has 0 heterocycles. The molecule has 0 bridgehead atoms. The maximum atomic E-state index is 11.1. The lowest BCUT2D eigenvalue weighted by Crippen LogP contribution is -2.32. The Balaban J connectivity index is 0.000000236. The number of carbonyl (C=O) groups excluding carboxylic acids is 1. The lowest BCUT2D eigenvalue weighted by atomic mass is 9.84. The van der Waals surface area contributed by atoms with Crippen LogP contribution in [0.5, 0.6) is 0 Å². The van der Waals surface area contributed by atoms with Gasteiger partial charge in [-0.15, -0.1) is 0 Å². The van der Waals surface area contributed by atoms with Gasteiger partial charge in [0.25, 0.3) is 0 Å². The van der Waals surface area contributed by atoms with E-state index in [-0.39, 0.29) is 34.9 Å². The fraction of sp³-hybridized carbons (Fsp3) is 0.641. The van der Waals surface area contributed by atoms with E-state index in [1.54, 1.807) is 0 Å². The predicted molar refractivity (Wildman–Crippen MR) is 196 cm³/mol. The van der Waals surface area contributed by atoms with E-state index in [4.69, 9.17) is 9.57 Å². The lowest BCUT2D eigenvalue weighted by molar-refractivity contribution is -0.152. The summed E-state index contributed by atoms with van der Waals surface area (Å²) < 4.78 is 30.0. The number of ether oxygens (including phenoxy) is 1. The molecule has 2 aromatic rings. The van der Waals surface area contributed by atoms with Crippen molar-refractivity contribution in [2.75, 3.05) is 0 Å². The Labute approximate surface area is 286 Å². The molecule has 264 valence electrons. The number of rotatable bonds is 6. The van der Waals surface area contributed by atoms with Crippen LogP contribution < -0.4 is 4.72 Å². The fourth-order valence-corrected chi connectivity index (χ4v) is 5.99. The largest absolute Gasteiger partial charge is 0.462 e. The molecule has 1 N–H and O–H groups in total. The molecule has 5 rings (SSSR count). The molecule has 0 unspecified atom stereocenters. The highest BCUT2D eigenvalue weighted by molar-refractivity contribution is 7.90. The summed E-state index contributed by atoms with van der Waals surface area (Å²) in [6.45, 7) is 24.7. The summed E-state index contributed by atoms with van der Waals surface area (Å²) in [7, 11) is -2.94. The van der Waals surface area contributed by atoms with Crippen LogP contribution in [0.25, 0.3) is 11.1 Å². The fourth-order valence-electron chi connectivity index (χ4n) is 4.38. The van der Waals surface area contributed by atoms with Gasteiger partial charge in [-0.05, 0) is 95.6 Å². The van der Waals surface area contributed by atoms with Crippen LogP contribution >= 0.6 is 0 Å². The van der Waals surface area contributed by atoms with Gasteiger partial charge in [0.2, 0.25) is 10.0 Å². The molecule has 47 heavy (non-hydrogen) atoms. The van der Waals surface area contributed by atoms with Gasteiger partial charge in [0, 0.05) is 17.2 Å². The summed E-state index contributed by atoms with van der Waals surface area (Å²) in [4.78, 5) is 16.7. The first-order chi connectivity index (χ1) is 21.7. The monoisotopic (exact) mass is 670 g/mol. The Morgan fingerprint density at radius 1 is 0.766 bits per heavy atom. The van der Waals surface area contributed by atoms with Crippen molar-refractivity contribution in [1.29, 1.82) is 0 Å². The van der Waals surface area contributed by atoms with Crippen molar-refractivity contribution in [3.63, 3.8) is 0 Å². The first-order valence-electron chi connectivity index (χ1n) is 17.4. The Hall–Kier alpha value is -2.71. The minimum atomic E-state index is -2.94. The van der Waals surface area contributed by atoms with Crippen LogP contribution in [0.2, 0.25) is 0 Å². The summed E-state index contributed by atoms with van der Waals surface area (Å²) in [5.41, 5.74) is 5.91. The third-order valence-electron chi connectivity index (χ3n) is 8.22. The molecule has 0 aromatic heterocycles. The van der Waals surface area contributed by atoms with Crippen LogP contribution in [-0.2, 0) is 24.4 Å². The van der Waals surface area contributed by atoms with Crippen LogP contribution in [0, 0.1) is 17.3 Å². The number of esters is 1. The summed E-state index contributed by atoms with van der Waals surface area (Å²) >= 11 is 0. The van der Waals surface area contributed by atoms with E-state index in [0.29, 0.717) is 5.41 Å². The highest BCUT2D eigenvalue weighted by atomic mass is 32.2. The molecule has 0 spiro atoms. The molecule has 0 aliphatic heterocycles. The molecule has 3 aliphatic rings. The van der Waals surface area contributed by atoms with Crippen LogP contribution in [-0.4, -0.2) is 43.1 Å². The van der Waals surface area contributed by atoms with Crippen molar-refractivity contribution in [3.8, 4) is 11.1 Å². The average Bonchev–Trinajstić information content (AvgIpc) is 3.63. The van der Waals surface area contributed by atoms with E-state index in [1.807, 2.05) is 60.6 Å². The minimum Gasteiger partial charge on any atom is -0.462 e. The molecule has 2 fully saturated rings. The number of hydrogen-bond donors (Lipinski definition) is 1. The zero-order chi connectivity index (χ0) is 35.6. The van der Waals surface area contributed by atoms with Crippen LogP contribution in [0.4, 0.5) is 0 Å². The zero-order valence-electron chi connectivity index (χ0n) is 31.1. The molecule has 7 nitrogen and oxygen atoms in total. The lowest BCUT2D eigenvalue weighted by Gasteiger charge is -2.22. The Morgan fingerprint density at radius 2 is 1.19 bits per heavy atom. The SMILES string of the molecule is CC(C)(C)ON=C1c2ccccc2-c2ccccc21.CC(C)C(=O)OC1CCCC1.CC(C)C(C)(C)C.CC(C)NS(=O)(=O)C1CC1. The van der Waals surface area contributed by atoms with E-state index < -0.39 is 10.0 Å². The number of hydrogen-bond acceptors (Lipinski definition) is 6. The van der Waals surface area contributed by atoms with E-state index >= 15 is 0 Å². The van der Waals surface area contributed by atoms with Crippen LogP contribution in [0.15, 0.2) is 53.7 Å². The second-order valence-corrected chi connectivity index (χ2v) is 17.8. The van der Waals surface area contributed by atoms with Gasteiger partial charge >= 0.3 is 5.97 Å². The molecule has 0 atom stereocenters. The van der Waals surface area contributed by atoms with Crippen molar-refractivity contribution < 1.29 is 22.8 Å². The van der Waals surface area contributed by atoms with Gasteiger partial charge in [-0.1, -0.05) is 102 Å². The quantitative estimate of drug-likeness (QED) is 0.208. The van der Waals surface area contributed by atoms with Crippen molar-refractivity contribution in [3.05, 3.63) is 59.7 Å². The number of nitrogens with zero attached hydrogens (tertiary/aromatic N) is 1.